The molecular weight excluding hydrogens is 355 g/mol. The zero-order valence-corrected chi connectivity index (χ0v) is 14.5. The van der Waals surface area contributed by atoms with E-state index >= 15 is 0 Å². The molecule has 0 aliphatic carbocycles. The van der Waals surface area contributed by atoms with Crippen LogP contribution in [0.3, 0.4) is 0 Å². The Morgan fingerprint density at radius 1 is 1.00 bits per heavy atom. The number of hydrogen-bond acceptors (Lipinski definition) is 5. The van der Waals surface area contributed by atoms with E-state index in [0.717, 1.165) is 6.07 Å². The second kappa shape index (κ2) is 9.23. The summed E-state index contributed by atoms with van der Waals surface area (Å²) in [5.74, 6) is -2.70. The summed E-state index contributed by atoms with van der Waals surface area (Å²) in [6.07, 6.45) is 0. The van der Waals surface area contributed by atoms with Crippen LogP contribution in [-0.4, -0.2) is 36.7 Å². The molecule has 0 aliphatic rings. The number of Topliss-reactive ketones (excluding diaryl/α,β-unsaturated/α-hetero) is 1. The quantitative estimate of drug-likeness (QED) is 0.571. The summed E-state index contributed by atoms with van der Waals surface area (Å²) in [5, 5.41) is 4.78. The minimum Gasteiger partial charge on any atom is -0.454 e. The fraction of sp³-hybridized carbons (Fsp3) is 0.158. The first kappa shape index (κ1) is 19.8. The van der Waals surface area contributed by atoms with Crippen molar-refractivity contribution < 1.29 is 28.3 Å². The monoisotopic (exact) mass is 372 g/mol. The number of ether oxygens (including phenoxy) is 1. The molecule has 0 saturated carbocycles. The van der Waals surface area contributed by atoms with Crippen LogP contribution in [0.1, 0.15) is 27.6 Å². The van der Waals surface area contributed by atoms with Gasteiger partial charge in [-0.2, -0.15) is 0 Å². The van der Waals surface area contributed by atoms with Crippen molar-refractivity contribution in [3.63, 3.8) is 0 Å². The highest BCUT2D eigenvalue weighted by molar-refractivity contribution is 5.97. The molecule has 140 valence electrons. The van der Waals surface area contributed by atoms with Gasteiger partial charge >= 0.3 is 5.97 Å². The average molecular weight is 372 g/mol. The van der Waals surface area contributed by atoms with Gasteiger partial charge in [-0.1, -0.05) is 6.07 Å². The van der Waals surface area contributed by atoms with E-state index in [1.807, 2.05) is 0 Å². The number of carbonyl (C=O) groups is 4. The number of nitrogens with one attached hydrogen (secondary N) is 2. The van der Waals surface area contributed by atoms with Crippen molar-refractivity contribution in [2.75, 3.05) is 18.5 Å². The van der Waals surface area contributed by atoms with E-state index in [2.05, 4.69) is 10.6 Å². The average Bonchev–Trinajstić information content (AvgIpc) is 2.64. The van der Waals surface area contributed by atoms with E-state index < -0.39 is 36.8 Å². The van der Waals surface area contributed by atoms with Crippen LogP contribution < -0.4 is 10.6 Å². The lowest BCUT2D eigenvalue weighted by Crippen LogP contribution is -2.32. The van der Waals surface area contributed by atoms with Gasteiger partial charge in [0.1, 0.15) is 12.4 Å². The Morgan fingerprint density at radius 2 is 1.70 bits per heavy atom. The van der Waals surface area contributed by atoms with Crippen molar-refractivity contribution >= 4 is 29.3 Å². The maximum Gasteiger partial charge on any atom is 0.325 e. The molecule has 7 nitrogen and oxygen atoms in total. The Hall–Kier alpha value is -3.55. The molecule has 0 heterocycles. The number of esters is 1. The topological polar surface area (TPSA) is 102 Å². The van der Waals surface area contributed by atoms with Crippen molar-refractivity contribution in [2.45, 2.75) is 6.92 Å². The molecule has 0 atom stereocenters. The lowest BCUT2D eigenvalue weighted by atomic mass is 10.1. The number of anilines is 1. The Morgan fingerprint density at radius 3 is 2.33 bits per heavy atom. The van der Waals surface area contributed by atoms with Crippen LogP contribution in [0.5, 0.6) is 0 Å². The van der Waals surface area contributed by atoms with Crippen LogP contribution in [0.25, 0.3) is 0 Å². The molecule has 0 bridgehead atoms. The fourth-order valence-corrected chi connectivity index (χ4v) is 2.07. The molecule has 0 saturated heterocycles. The Labute approximate surface area is 154 Å². The molecule has 0 spiro atoms. The highest BCUT2D eigenvalue weighted by Gasteiger charge is 2.11. The van der Waals surface area contributed by atoms with Crippen molar-refractivity contribution in [2.24, 2.45) is 0 Å². The molecule has 2 rings (SSSR count). The van der Waals surface area contributed by atoms with Crippen LogP contribution >= 0.6 is 0 Å². The number of ketones is 1. The molecule has 27 heavy (non-hydrogen) atoms. The van der Waals surface area contributed by atoms with Crippen molar-refractivity contribution in [3.05, 3.63) is 65.5 Å². The third-order valence-corrected chi connectivity index (χ3v) is 3.42. The molecule has 0 unspecified atom stereocenters. The van der Waals surface area contributed by atoms with Crippen LogP contribution in [0.4, 0.5) is 10.1 Å². The third kappa shape index (κ3) is 6.35. The zero-order valence-electron chi connectivity index (χ0n) is 14.5. The summed E-state index contributed by atoms with van der Waals surface area (Å²) in [6.45, 7) is 0.430. The van der Waals surface area contributed by atoms with Gasteiger partial charge in [0.2, 0.25) is 0 Å². The van der Waals surface area contributed by atoms with Crippen LogP contribution in [0.15, 0.2) is 48.5 Å². The molecule has 0 radical (unpaired) electrons. The summed E-state index contributed by atoms with van der Waals surface area (Å²) >= 11 is 0. The van der Waals surface area contributed by atoms with Gasteiger partial charge in [-0.15, -0.1) is 0 Å². The lowest BCUT2D eigenvalue weighted by Gasteiger charge is -2.08. The summed E-state index contributed by atoms with van der Waals surface area (Å²) < 4.78 is 17.8. The van der Waals surface area contributed by atoms with Crippen molar-refractivity contribution in [3.8, 4) is 0 Å². The van der Waals surface area contributed by atoms with E-state index in [1.165, 1.54) is 25.1 Å². The molecule has 8 heteroatoms. The fourth-order valence-electron chi connectivity index (χ4n) is 2.07. The van der Waals surface area contributed by atoms with Gasteiger partial charge in [0.25, 0.3) is 11.8 Å². The minimum absolute atomic E-state index is 0.0644. The van der Waals surface area contributed by atoms with Gasteiger partial charge in [-0.25, -0.2) is 4.39 Å². The van der Waals surface area contributed by atoms with Gasteiger partial charge in [-0.05, 0) is 49.4 Å². The van der Waals surface area contributed by atoms with Gasteiger partial charge in [-0.3, -0.25) is 19.2 Å². The molecule has 2 aromatic rings. The van der Waals surface area contributed by atoms with Crippen LogP contribution in [-0.2, 0) is 14.3 Å². The second-order valence-corrected chi connectivity index (χ2v) is 5.54. The zero-order chi connectivity index (χ0) is 19.8. The number of carbonyl (C=O) groups excluding carboxylic acids is 4. The summed E-state index contributed by atoms with van der Waals surface area (Å²) in [4.78, 5) is 46.3. The molecule has 2 aromatic carbocycles. The third-order valence-electron chi connectivity index (χ3n) is 3.42. The predicted octanol–water partition coefficient (Wildman–Crippen LogP) is 1.94. The summed E-state index contributed by atoms with van der Waals surface area (Å²) in [6, 6.07) is 11.2. The molecule has 0 fully saturated rings. The highest BCUT2D eigenvalue weighted by atomic mass is 19.1. The van der Waals surface area contributed by atoms with E-state index in [4.69, 9.17) is 4.74 Å². The minimum atomic E-state index is -0.818. The Balaban J connectivity index is 1.73. The number of halogens is 1. The van der Waals surface area contributed by atoms with E-state index in [0.29, 0.717) is 11.3 Å². The predicted molar refractivity (Wildman–Crippen MR) is 94.8 cm³/mol. The first-order chi connectivity index (χ1) is 12.8. The van der Waals surface area contributed by atoms with E-state index in [1.54, 1.807) is 24.3 Å². The lowest BCUT2D eigenvalue weighted by molar-refractivity contribution is -0.146. The van der Waals surface area contributed by atoms with Gasteiger partial charge < -0.3 is 15.4 Å². The maximum atomic E-state index is 13.0. The largest absolute Gasteiger partial charge is 0.454 e. The highest BCUT2D eigenvalue weighted by Crippen LogP contribution is 2.10. The first-order valence-electron chi connectivity index (χ1n) is 7.95. The maximum absolute atomic E-state index is 13.0. The first-order valence-corrected chi connectivity index (χ1v) is 7.95. The molecular formula is C19H17FN2O5. The molecule has 2 N–H and O–H groups in total. The van der Waals surface area contributed by atoms with Crippen molar-refractivity contribution in [1.29, 1.82) is 0 Å². The molecule has 0 aromatic heterocycles. The normalized spacial score (nSPS) is 10.0. The van der Waals surface area contributed by atoms with Crippen LogP contribution in [0.2, 0.25) is 0 Å². The SMILES string of the molecule is CC(=O)c1ccc(NC(=O)COC(=O)CNC(=O)c2cccc(F)c2)cc1. The van der Waals surface area contributed by atoms with E-state index in [-0.39, 0.29) is 11.3 Å². The summed E-state index contributed by atoms with van der Waals surface area (Å²) in [5.41, 5.74) is 1.02. The van der Waals surface area contributed by atoms with Crippen LogP contribution in [0, 0.1) is 5.82 Å². The number of rotatable bonds is 7. The van der Waals surface area contributed by atoms with Crippen molar-refractivity contribution in [1.82, 2.24) is 5.32 Å². The smallest absolute Gasteiger partial charge is 0.325 e. The Bertz CT molecular complexity index is 865. The molecule has 2 amide bonds. The second-order valence-electron chi connectivity index (χ2n) is 5.54. The van der Waals surface area contributed by atoms with Gasteiger partial charge in [0, 0.05) is 16.8 Å². The van der Waals surface area contributed by atoms with E-state index in [9.17, 15) is 23.6 Å². The van der Waals surface area contributed by atoms with Gasteiger partial charge in [0.15, 0.2) is 12.4 Å². The van der Waals surface area contributed by atoms with Gasteiger partial charge in [0.05, 0.1) is 0 Å². The molecule has 0 aliphatic heterocycles. The number of hydrogen-bond donors (Lipinski definition) is 2. The standard InChI is InChI=1S/C19H17FN2O5/c1-12(23)13-5-7-16(8-6-13)22-17(24)11-27-18(25)10-21-19(26)14-3-2-4-15(20)9-14/h2-9H,10-11H2,1H3,(H,21,26)(H,22,24). The Kier molecular flexibility index (Phi) is 6.76. The number of amides is 2. The summed E-state index contributed by atoms with van der Waals surface area (Å²) in [7, 11) is 0. The number of benzene rings is 2.